The second-order valence-corrected chi connectivity index (χ2v) is 8.73. The van der Waals surface area contributed by atoms with Crippen molar-refractivity contribution in [2.45, 2.75) is 69.4 Å². The van der Waals surface area contributed by atoms with Crippen molar-refractivity contribution >= 4 is 11.8 Å². The van der Waals surface area contributed by atoms with Crippen molar-refractivity contribution in [2.24, 2.45) is 5.73 Å². The molecule has 0 saturated heterocycles. The minimum absolute atomic E-state index is 0.0122. The van der Waals surface area contributed by atoms with Gasteiger partial charge in [-0.25, -0.2) is 0 Å². The highest BCUT2D eigenvalue weighted by Crippen LogP contribution is 2.40. The number of hydrogen-bond donors (Lipinski definition) is 2. The van der Waals surface area contributed by atoms with Crippen molar-refractivity contribution < 1.29 is 14.1 Å². The summed E-state index contributed by atoms with van der Waals surface area (Å²) in [6.45, 7) is 1.01. The van der Waals surface area contributed by atoms with Gasteiger partial charge in [0.2, 0.25) is 5.91 Å². The zero-order valence-electron chi connectivity index (χ0n) is 18.0. The lowest BCUT2D eigenvalue weighted by atomic mass is 9.89. The predicted molar refractivity (Wildman–Crippen MR) is 118 cm³/mol. The molecule has 0 unspecified atom stereocenters. The van der Waals surface area contributed by atoms with Crippen LogP contribution in [0.4, 0.5) is 0 Å². The summed E-state index contributed by atoms with van der Waals surface area (Å²) in [4.78, 5) is 27.2. The summed E-state index contributed by atoms with van der Waals surface area (Å²) >= 11 is 0. The van der Waals surface area contributed by atoms with Crippen LogP contribution in [0.1, 0.15) is 72.7 Å². The van der Waals surface area contributed by atoms with Crippen LogP contribution in [0, 0.1) is 0 Å². The van der Waals surface area contributed by atoms with Crippen molar-refractivity contribution in [3.05, 3.63) is 53.4 Å². The van der Waals surface area contributed by atoms with Crippen molar-refractivity contribution in [3.8, 4) is 0 Å². The average molecular weight is 425 g/mol. The molecular formula is C24H32N4O3. The van der Waals surface area contributed by atoms with Crippen LogP contribution >= 0.6 is 0 Å². The first-order valence-corrected chi connectivity index (χ1v) is 11.4. The van der Waals surface area contributed by atoms with Crippen LogP contribution < -0.4 is 11.1 Å². The Morgan fingerprint density at radius 3 is 2.52 bits per heavy atom. The van der Waals surface area contributed by atoms with Crippen LogP contribution in [-0.2, 0) is 11.2 Å². The Morgan fingerprint density at radius 1 is 1.10 bits per heavy atom. The van der Waals surface area contributed by atoms with Crippen LogP contribution in [0.25, 0.3) is 0 Å². The molecule has 2 saturated carbocycles. The van der Waals surface area contributed by atoms with E-state index in [0.717, 1.165) is 50.7 Å². The number of amides is 2. The average Bonchev–Trinajstić information content (AvgIpc) is 3.52. The van der Waals surface area contributed by atoms with E-state index in [1.165, 1.54) is 5.56 Å². The Hall–Kier alpha value is -2.67. The molecule has 2 fully saturated rings. The number of hydrogen-bond acceptors (Lipinski definition) is 5. The van der Waals surface area contributed by atoms with E-state index in [0.29, 0.717) is 31.1 Å². The van der Waals surface area contributed by atoms with Gasteiger partial charge in [-0.15, -0.1) is 0 Å². The Labute approximate surface area is 183 Å². The van der Waals surface area contributed by atoms with Crippen molar-refractivity contribution in [3.63, 3.8) is 0 Å². The Bertz CT molecular complexity index is 870. The first kappa shape index (κ1) is 21.6. The van der Waals surface area contributed by atoms with Crippen LogP contribution in [0.15, 0.2) is 40.9 Å². The summed E-state index contributed by atoms with van der Waals surface area (Å²) in [5.74, 6) is 1.22. The van der Waals surface area contributed by atoms with Gasteiger partial charge in [0.1, 0.15) is 5.76 Å². The smallest absolute Gasteiger partial charge is 0.276 e. The highest BCUT2D eigenvalue weighted by Gasteiger charge is 2.33. The molecule has 0 radical (unpaired) electrons. The van der Waals surface area contributed by atoms with E-state index in [2.05, 4.69) is 22.6 Å². The lowest BCUT2D eigenvalue weighted by molar-refractivity contribution is -0.121. The van der Waals surface area contributed by atoms with Crippen LogP contribution in [0.2, 0.25) is 0 Å². The number of aromatic nitrogens is 1. The van der Waals surface area contributed by atoms with Gasteiger partial charge in [-0.05, 0) is 50.5 Å². The minimum atomic E-state index is -0.0535. The summed E-state index contributed by atoms with van der Waals surface area (Å²) in [7, 11) is 0. The summed E-state index contributed by atoms with van der Waals surface area (Å²) in [6.07, 6.45) is 6.83. The number of carbonyl (C=O) groups excluding carboxylic acids is 2. The van der Waals surface area contributed by atoms with Crippen molar-refractivity contribution in [1.29, 1.82) is 0 Å². The third kappa shape index (κ3) is 5.73. The summed E-state index contributed by atoms with van der Waals surface area (Å²) in [6, 6.07) is 12.4. The molecule has 0 bridgehead atoms. The van der Waals surface area contributed by atoms with Gasteiger partial charge < -0.3 is 20.5 Å². The quantitative estimate of drug-likeness (QED) is 0.644. The number of nitrogens with zero attached hydrogens (tertiary/aromatic N) is 2. The van der Waals surface area contributed by atoms with Gasteiger partial charge in [-0.1, -0.05) is 35.5 Å². The van der Waals surface area contributed by atoms with Gasteiger partial charge in [0.25, 0.3) is 5.91 Å². The molecule has 2 aliphatic carbocycles. The largest absolute Gasteiger partial charge is 0.360 e. The second kappa shape index (κ2) is 10.1. The molecule has 7 heteroatoms. The highest BCUT2D eigenvalue weighted by atomic mass is 16.5. The number of nitrogens with one attached hydrogen (secondary N) is 1. The van der Waals surface area contributed by atoms with Gasteiger partial charge in [-0.3, -0.25) is 9.59 Å². The van der Waals surface area contributed by atoms with E-state index >= 15 is 0 Å². The molecule has 0 aliphatic heterocycles. The highest BCUT2D eigenvalue weighted by molar-refractivity contribution is 5.92. The molecule has 3 N–H and O–H groups in total. The Kier molecular flexibility index (Phi) is 7.02. The maximum absolute atomic E-state index is 13.4. The zero-order valence-corrected chi connectivity index (χ0v) is 18.0. The molecule has 2 aliphatic rings. The second-order valence-electron chi connectivity index (χ2n) is 8.73. The predicted octanol–water partition coefficient (Wildman–Crippen LogP) is 3.01. The molecule has 1 aromatic carbocycles. The first-order chi connectivity index (χ1) is 15.1. The van der Waals surface area contributed by atoms with E-state index in [9.17, 15) is 9.59 Å². The standard InChI is InChI=1S/C24H32N4O3/c25-14-12-23(29)26-19-8-10-20(11-9-19)28(15-13-17-4-2-1-3-5-17)24(30)21-16-22(31-27-21)18-6-7-18/h1-5,16,18-20H,6-15,25H2,(H,26,29). The molecule has 4 rings (SSSR count). The number of carbonyl (C=O) groups is 2. The van der Waals surface area contributed by atoms with Crippen LogP contribution in [0.3, 0.4) is 0 Å². The molecule has 7 nitrogen and oxygen atoms in total. The molecule has 31 heavy (non-hydrogen) atoms. The van der Waals surface area contributed by atoms with Gasteiger partial charge in [-0.2, -0.15) is 0 Å². The summed E-state index contributed by atoms with van der Waals surface area (Å²) < 4.78 is 5.44. The van der Waals surface area contributed by atoms with Crippen LogP contribution in [0.5, 0.6) is 0 Å². The molecule has 1 heterocycles. The van der Waals surface area contributed by atoms with Crippen molar-refractivity contribution in [2.75, 3.05) is 13.1 Å². The summed E-state index contributed by atoms with van der Waals surface area (Å²) in [5, 5.41) is 7.16. The molecule has 1 aromatic heterocycles. The normalized spacial score (nSPS) is 20.9. The van der Waals surface area contributed by atoms with Gasteiger partial charge in [0.15, 0.2) is 5.69 Å². The maximum Gasteiger partial charge on any atom is 0.276 e. The Balaban J connectivity index is 1.41. The molecular weight excluding hydrogens is 392 g/mol. The monoisotopic (exact) mass is 424 g/mol. The molecule has 2 amide bonds. The zero-order chi connectivity index (χ0) is 21.6. The maximum atomic E-state index is 13.4. The first-order valence-electron chi connectivity index (χ1n) is 11.4. The third-order valence-corrected chi connectivity index (χ3v) is 6.35. The van der Waals surface area contributed by atoms with E-state index in [1.807, 2.05) is 29.2 Å². The lowest BCUT2D eigenvalue weighted by Crippen LogP contribution is -2.47. The lowest BCUT2D eigenvalue weighted by Gasteiger charge is -2.37. The molecule has 0 spiro atoms. The van der Waals surface area contributed by atoms with E-state index in [-0.39, 0.29) is 23.9 Å². The van der Waals surface area contributed by atoms with Gasteiger partial charge in [0, 0.05) is 43.6 Å². The fraction of sp³-hybridized carbons (Fsp3) is 0.542. The number of benzene rings is 1. The van der Waals surface area contributed by atoms with E-state index in [4.69, 9.17) is 10.3 Å². The molecule has 166 valence electrons. The number of nitrogens with two attached hydrogens (primary N) is 1. The fourth-order valence-corrected chi connectivity index (χ4v) is 4.40. The minimum Gasteiger partial charge on any atom is -0.360 e. The van der Waals surface area contributed by atoms with Crippen molar-refractivity contribution in [1.82, 2.24) is 15.4 Å². The molecule has 0 atom stereocenters. The van der Waals surface area contributed by atoms with E-state index < -0.39 is 0 Å². The SMILES string of the molecule is NCCC(=O)NC1CCC(N(CCc2ccccc2)C(=O)c2cc(C3CC3)on2)CC1. The fourth-order valence-electron chi connectivity index (χ4n) is 4.40. The van der Waals surface area contributed by atoms with Gasteiger partial charge in [0.05, 0.1) is 0 Å². The van der Waals surface area contributed by atoms with Crippen LogP contribution in [-0.4, -0.2) is 47.0 Å². The topological polar surface area (TPSA) is 101 Å². The van der Waals surface area contributed by atoms with E-state index in [1.54, 1.807) is 0 Å². The molecule has 2 aromatic rings. The Morgan fingerprint density at radius 2 is 1.84 bits per heavy atom. The van der Waals surface area contributed by atoms with Gasteiger partial charge >= 0.3 is 0 Å². The summed E-state index contributed by atoms with van der Waals surface area (Å²) in [5.41, 5.74) is 7.09. The number of rotatable bonds is 9. The third-order valence-electron chi connectivity index (χ3n) is 6.35.